The van der Waals surface area contributed by atoms with E-state index in [1.807, 2.05) is 18.2 Å². The van der Waals surface area contributed by atoms with Crippen molar-refractivity contribution in [2.24, 2.45) is 11.8 Å². The molecule has 3 fully saturated rings. The molecule has 190 valence electrons. The van der Waals surface area contributed by atoms with Crippen LogP contribution in [0.15, 0.2) is 30.3 Å². The smallest absolute Gasteiger partial charge is 0.391 e. The van der Waals surface area contributed by atoms with E-state index >= 15 is 0 Å². The lowest BCUT2D eigenvalue weighted by molar-refractivity contribution is -0.185. The number of carbonyl (C=O) groups is 1. The minimum absolute atomic E-state index is 0.0896. The maximum absolute atomic E-state index is 12.9. The van der Waals surface area contributed by atoms with Crippen LogP contribution >= 0.6 is 11.6 Å². The van der Waals surface area contributed by atoms with Crippen LogP contribution in [0.25, 0.3) is 10.8 Å². The number of fused-ring (bicyclic) bond motifs is 3. The Morgan fingerprint density at radius 2 is 1.71 bits per heavy atom. The number of hydrogen-bond donors (Lipinski definition) is 1. The highest BCUT2D eigenvalue weighted by Crippen LogP contribution is 2.45. The number of piperidine rings is 1. The van der Waals surface area contributed by atoms with Gasteiger partial charge in [0.15, 0.2) is 0 Å². The summed E-state index contributed by atoms with van der Waals surface area (Å²) in [5, 5.41) is 11.8. The average molecular weight is 510 g/mol. The van der Waals surface area contributed by atoms with Crippen LogP contribution < -0.4 is 4.74 Å². The Morgan fingerprint density at radius 1 is 1.06 bits per heavy atom. The number of aliphatic carboxylic acids is 1. The van der Waals surface area contributed by atoms with Crippen molar-refractivity contribution >= 4 is 28.3 Å². The van der Waals surface area contributed by atoms with Gasteiger partial charge in [-0.3, -0.25) is 9.69 Å². The van der Waals surface area contributed by atoms with Gasteiger partial charge in [0.05, 0.1) is 23.0 Å². The molecular weight excluding hydrogens is 479 g/mol. The third-order valence-electron chi connectivity index (χ3n) is 8.44. The molecule has 1 aliphatic carbocycles. The van der Waals surface area contributed by atoms with Gasteiger partial charge in [-0.25, -0.2) is 0 Å². The average Bonchev–Trinajstić information content (AvgIpc) is 3.08. The van der Waals surface area contributed by atoms with E-state index in [-0.39, 0.29) is 30.9 Å². The molecule has 2 bridgehead atoms. The van der Waals surface area contributed by atoms with Crippen LogP contribution in [0.5, 0.6) is 5.75 Å². The molecule has 1 saturated carbocycles. The first-order valence-corrected chi connectivity index (χ1v) is 13.0. The van der Waals surface area contributed by atoms with Gasteiger partial charge in [0.1, 0.15) is 5.75 Å². The summed E-state index contributed by atoms with van der Waals surface area (Å²) in [4.78, 5) is 14.0. The van der Waals surface area contributed by atoms with Crippen LogP contribution in [0.3, 0.4) is 0 Å². The van der Waals surface area contributed by atoms with Crippen molar-refractivity contribution in [2.75, 3.05) is 0 Å². The first-order chi connectivity index (χ1) is 16.6. The Balaban J connectivity index is 1.29. The number of halogens is 4. The first-order valence-electron chi connectivity index (χ1n) is 12.6. The molecule has 2 heterocycles. The van der Waals surface area contributed by atoms with E-state index in [9.17, 15) is 23.1 Å². The van der Waals surface area contributed by atoms with Gasteiger partial charge >= 0.3 is 12.1 Å². The molecule has 0 radical (unpaired) electrons. The van der Waals surface area contributed by atoms with Gasteiger partial charge in [0.25, 0.3) is 0 Å². The Kier molecular flexibility index (Phi) is 6.68. The normalized spacial score (nSPS) is 30.4. The molecule has 2 aliphatic heterocycles. The molecule has 2 unspecified atom stereocenters. The summed E-state index contributed by atoms with van der Waals surface area (Å²) in [6.07, 6.45) is 0.0407. The van der Waals surface area contributed by atoms with Crippen molar-refractivity contribution in [1.82, 2.24) is 4.90 Å². The Morgan fingerprint density at radius 3 is 2.31 bits per heavy atom. The third-order valence-corrected chi connectivity index (χ3v) is 8.83. The molecular formula is C27H31ClF3NO3. The number of hydrogen-bond acceptors (Lipinski definition) is 3. The maximum atomic E-state index is 12.9. The summed E-state index contributed by atoms with van der Waals surface area (Å²) in [5.41, 5.74) is 1.17. The molecule has 3 atom stereocenters. The zero-order valence-electron chi connectivity index (χ0n) is 19.7. The van der Waals surface area contributed by atoms with Crippen LogP contribution in [0.2, 0.25) is 5.02 Å². The summed E-state index contributed by atoms with van der Waals surface area (Å²) in [7, 11) is 0. The summed E-state index contributed by atoms with van der Waals surface area (Å²) < 4.78 is 44.9. The second-order valence-corrected chi connectivity index (χ2v) is 10.9. The Bertz CT molecular complexity index is 1090. The highest BCUT2D eigenvalue weighted by molar-refractivity contribution is 6.37. The van der Waals surface area contributed by atoms with Gasteiger partial charge in [-0.1, -0.05) is 29.8 Å². The van der Waals surface area contributed by atoms with Gasteiger partial charge < -0.3 is 9.84 Å². The number of nitrogens with zero attached hydrogens (tertiary/aromatic N) is 1. The van der Waals surface area contributed by atoms with Crippen molar-refractivity contribution in [3.63, 3.8) is 0 Å². The lowest BCUT2D eigenvalue weighted by Crippen LogP contribution is -2.45. The summed E-state index contributed by atoms with van der Waals surface area (Å²) in [6, 6.07) is 10.7. The van der Waals surface area contributed by atoms with Gasteiger partial charge in [-0.05, 0) is 81.4 Å². The number of carboxylic acid groups (broad SMARTS) is 1. The third kappa shape index (κ3) is 4.86. The second-order valence-electron chi connectivity index (χ2n) is 10.5. The van der Waals surface area contributed by atoms with E-state index < -0.39 is 18.1 Å². The molecule has 35 heavy (non-hydrogen) atoms. The lowest BCUT2D eigenvalue weighted by Gasteiger charge is -2.41. The Labute approximate surface area is 208 Å². The highest BCUT2D eigenvalue weighted by Gasteiger charge is 2.45. The molecule has 0 aromatic heterocycles. The van der Waals surface area contributed by atoms with Crippen LogP contribution in [0, 0.1) is 11.8 Å². The van der Waals surface area contributed by atoms with Crippen molar-refractivity contribution in [2.45, 2.75) is 88.7 Å². The molecule has 2 aromatic carbocycles. The van der Waals surface area contributed by atoms with Crippen LogP contribution in [0.4, 0.5) is 13.2 Å². The van der Waals surface area contributed by atoms with Crippen molar-refractivity contribution < 1.29 is 27.8 Å². The van der Waals surface area contributed by atoms with Gasteiger partial charge in [0, 0.05) is 23.5 Å². The zero-order valence-corrected chi connectivity index (χ0v) is 20.5. The number of ether oxygens (including phenoxy) is 1. The SMILES string of the molecule is C[C@@H](c1ccc2c(Cl)c(OC3CCC(C(F)(F)F)CC3)ccc2c1)N1C2CCC1CC(C(=O)O)C2. The second kappa shape index (κ2) is 9.47. The summed E-state index contributed by atoms with van der Waals surface area (Å²) in [5.74, 6) is -1.64. The van der Waals surface area contributed by atoms with E-state index in [0.717, 1.165) is 23.6 Å². The molecule has 3 aliphatic rings. The molecule has 2 aromatic rings. The molecule has 1 N–H and O–H groups in total. The topological polar surface area (TPSA) is 49.8 Å². The largest absolute Gasteiger partial charge is 0.489 e. The number of rotatable bonds is 5. The van der Waals surface area contributed by atoms with Gasteiger partial charge in [0.2, 0.25) is 0 Å². The fourth-order valence-electron chi connectivity index (χ4n) is 6.55. The Hall–Kier alpha value is -1.99. The summed E-state index contributed by atoms with van der Waals surface area (Å²) in [6.45, 7) is 2.18. The van der Waals surface area contributed by atoms with E-state index in [1.54, 1.807) is 0 Å². The van der Waals surface area contributed by atoms with E-state index in [4.69, 9.17) is 16.3 Å². The van der Waals surface area contributed by atoms with E-state index in [1.165, 1.54) is 5.56 Å². The predicted molar refractivity (Wildman–Crippen MR) is 129 cm³/mol. The quantitative estimate of drug-likeness (QED) is 0.456. The van der Waals surface area contributed by atoms with Crippen LogP contribution in [0.1, 0.15) is 69.9 Å². The molecule has 8 heteroatoms. The predicted octanol–water partition coefficient (Wildman–Crippen LogP) is 7.38. The van der Waals surface area contributed by atoms with E-state index in [2.05, 4.69) is 24.0 Å². The fraction of sp³-hybridized carbons (Fsp3) is 0.593. The number of alkyl halides is 3. The molecule has 5 rings (SSSR count). The fourth-order valence-corrected chi connectivity index (χ4v) is 6.83. The molecule has 0 amide bonds. The number of carboxylic acids is 1. The van der Waals surface area contributed by atoms with Crippen molar-refractivity contribution in [1.29, 1.82) is 0 Å². The minimum atomic E-state index is -4.13. The monoisotopic (exact) mass is 509 g/mol. The zero-order chi connectivity index (χ0) is 24.9. The van der Waals surface area contributed by atoms with Gasteiger partial charge in [-0.15, -0.1) is 0 Å². The van der Waals surface area contributed by atoms with E-state index in [0.29, 0.717) is 48.5 Å². The molecule has 4 nitrogen and oxygen atoms in total. The molecule has 0 spiro atoms. The summed E-state index contributed by atoms with van der Waals surface area (Å²) >= 11 is 6.67. The van der Waals surface area contributed by atoms with Crippen molar-refractivity contribution in [3.05, 3.63) is 40.9 Å². The van der Waals surface area contributed by atoms with Crippen molar-refractivity contribution in [3.8, 4) is 5.75 Å². The standard InChI is InChI=1S/C27H31ClF3NO3/c1-15(32-20-6-7-21(32)14-18(13-20)26(33)34)16-2-10-23-17(12-16)3-11-24(25(23)28)35-22-8-4-19(5-9-22)27(29,30)31/h2-3,10-12,15,18-22H,4-9,13-14H2,1H3,(H,33,34)/t15-,18?,19?,20?,21?,22?/m0/s1. The van der Waals surface area contributed by atoms with Crippen LogP contribution in [-0.2, 0) is 4.79 Å². The lowest BCUT2D eigenvalue weighted by atomic mass is 9.87. The maximum Gasteiger partial charge on any atom is 0.391 e. The minimum Gasteiger partial charge on any atom is -0.489 e. The molecule has 2 saturated heterocycles. The van der Waals surface area contributed by atoms with Gasteiger partial charge in [-0.2, -0.15) is 13.2 Å². The highest BCUT2D eigenvalue weighted by atomic mass is 35.5. The first kappa shape index (κ1) is 24.7. The number of benzene rings is 2. The van der Waals surface area contributed by atoms with Crippen LogP contribution in [-0.4, -0.2) is 40.3 Å².